The highest BCUT2D eigenvalue weighted by Gasteiger charge is 2.35. The monoisotopic (exact) mass is 428 g/mol. The predicted octanol–water partition coefficient (Wildman–Crippen LogP) is 4.01. The molecule has 2 N–H and O–H groups in total. The molecule has 2 amide bonds. The Labute approximate surface area is 176 Å². The topological polar surface area (TPSA) is 85.2 Å². The lowest BCUT2D eigenvalue weighted by atomic mass is 10.0. The summed E-state index contributed by atoms with van der Waals surface area (Å²) in [5, 5.41) is 9.95. The van der Waals surface area contributed by atoms with E-state index in [2.05, 4.69) is 15.7 Å². The third-order valence-corrected chi connectivity index (χ3v) is 5.04. The van der Waals surface area contributed by atoms with Gasteiger partial charge in [0.05, 0.1) is 23.7 Å². The Balaban J connectivity index is 1.73. The number of benzene rings is 2. The predicted molar refractivity (Wildman–Crippen MR) is 111 cm³/mol. The lowest BCUT2D eigenvalue weighted by Gasteiger charge is -2.24. The molecule has 0 spiro atoms. The van der Waals surface area contributed by atoms with Gasteiger partial charge in [0.2, 0.25) is 11.8 Å². The van der Waals surface area contributed by atoms with Crippen molar-refractivity contribution in [3.8, 4) is 11.1 Å². The largest absolute Gasteiger partial charge is 0.378 e. The number of aromatic nitrogens is 2. The number of anilines is 2. The third-order valence-electron chi connectivity index (χ3n) is 4.75. The van der Waals surface area contributed by atoms with Crippen LogP contribution in [0.25, 0.3) is 11.1 Å². The van der Waals surface area contributed by atoms with Crippen LogP contribution in [0.3, 0.4) is 0 Å². The van der Waals surface area contributed by atoms with E-state index in [0.29, 0.717) is 22.8 Å². The van der Waals surface area contributed by atoms with Crippen LogP contribution in [0.15, 0.2) is 48.5 Å². The van der Waals surface area contributed by atoms with E-state index >= 15 is 0 Å². The Bertz CT molecular complexity index is 1120. The summed E-state index contributed by atoms with van der Waals surface area (Å²) in [5.74, 6) is -0.916. The Hall–Kier alpha value is -3.23. The van der Waals surface area contributed by atoms with Crippen LogP contribution in [0.4, 0.5) is 15.9 Å². The molecule has 2 heterocycles. The average Bonchev–Trinajstić information content (AvgIpc) is 3.08. The van der Waals surface area contributed by atoms with E-state index in [0.717, 1.165) is 11.6 Å². The van der Waals surface area contributed by atoms with Gasteiger partial charge in [0.25, 0.3) is 0 Å². The van der Waals surface area contributed by atoms with Gasteiger partial charge in [0.15, 0.2) is 0 Å². The highest BCUT2D eigenvalue weighted by atomic mass is 35.5. The van der Waals surface area contributed by atoms with Gasteiger partial charge in [-0.3, -0.25) is 9.59 Å². The van der Waals surface area contributed by atoms with E-state index in [1.54, 1.807) is 7.11 Å². The number of rotatable bonds is 5. The van der Waals surface area contributed by atoms with Gasteiger partial charge in [0.1, 0.15) is 17.7 Å². The number of methoxy groups -OCH3 is 1. The van der Waals surface area contributed by atoms with Crippen molar-refractivity contribution >= 4 is 34.9 Å². The smallest absolute Gasteiger partial charge is 0.249 e. The number of amides is 2. The fourth-order valence-electron chi connectivity index (χ4n) is 3.42. The molecule has 1 unspecified atom stereocenters. The zero-order chi connectivity index (χ0) is 21.3. The van der Waals surface area contributed by atoms with Crippen molar-refractivity contribution in [2.24, 2.45) is 0 Å². The van der Waals surface area contributed by atoms with E-state index < -0.39 is 17.8 Å². The van der Waals surface area contributed by atoms with Crippen LogP contribution in [0.2, 0.25) is 5.02 Å². The van der Waals surface area contributed by atoms with E-state index in [1.807, 2.05) is 30.3 Å². The molecule has 154 valence electrons. The summed E-state index contributed by atoms with van der Waals surface area (Å²) in [5.41, 5.74) is 2.47. The number of halogens is 2. The lowest BCUT2D eigenvalue weighted by Crippen LogP contribution is -2.35. The lowest BCUT2D eigenvalue weighted by molar-refractivity contribution is -0.125. The molecule has 0 radical (unpaired) electrons. The normalized spacial score (nSPS) is 15.4. The number of hydrogen-bond donors (Lipinski definition) is 2. The molecular formula is C21H18ClFN4O3. The fourth-order valence-corrected chi connectivity index (χ4v) is 3.60. The Morgan fingerprint density at radius 1 is 1.33 bits per heavy atom. The van der Waals surface area contributed by atoms with Crippen LogP contribution in [0.1, 0.15) is 18.2 Å². The number of hydrogen-bond acceptors (Lipinski definition) is 4. The van der Waals surface area contributed by atoms with Crippen LogP contribution in [0.5, 0.6) is 0 Å². The van der Waals surface area contributed by atoms with E-state index in [1.165, 1.54) is 16.8 Å². The standard InChI is InChI=1S/C21H18ClFN4O3/c1-30-11-16-19(12-5-3-2-4-6-12)20-25-18(28)10-17(27(20)26-16)21(29)24-13-7-8-15(23)14(22)9-13/h2-9,17H,10-11H2,1H3,(H,24,29)(H,25,28). The average molecular weight is 429 g/mol. The molecule has 0 aliphatic carbocycles. The zero-order valence-electron chi connectivity index (χ0n) is 16.0. The fraction of sp³-hybridized carbons (Fsp3) is 0.190. The van der Waals surface area contributed by atoms with Crippen LogP contribution >= 0.6 is 11.6 Å². The number of carbonyl (C=O) groups excluding carboxylic acids is 2. The Kier molecular flexibility index (Phi) is 5.52. The summed E-state index contributed by atoms with van der Waals surface area (Å²) in [6, 6.07) is 12.4. The van der Waals surface area contributed by atoms with Gasteiger partial charge in [-0.05, 0) is 23.8 Å². The van der Waals surface area contributed by atoms with E-state index in [9.17, 15) is 14.0 Å². The van der Waals surface area contributed by atoms with Crippen molar-refractivity contribution in [3.05, 3.63) is 65.1 Å². The minimum absolute atomic E-state index is 0.0872. The van der Waals surface area contributed by atoms with Crippen molar-refractivity contribution < 1.29 is 18.7 Å². The second-order valence-electron chi connectivity index (χ2n) is 6.80. The molecule has 0 saturated carbocycles. The number of carbonyl (C=O) groups is 2. The first-order valence-corrected chi connectivity index (χ1v) is 9.57. The van der Waals surface area contributed by atoms with E-state index in [-0.39, 0.29) is 24.0 Å². The maximum Gasteiger partial charge on any atom is 0.249 e. The molecule has 9 heteroatoms. The summed E-state index contributed by atoms with van der Waals surface area (Å²) in [6.07, 6.45) is -0.0872. The highest BCUT2D eigenvalue weighted by Crippen LogP contribution is 2.37. The molecule has 1 aliphatic heterocycles. The summed E-state index contributed by atoms with van der Waals surface area (Å²) in [7, 11) is 1.55. The molecule has 2 aromatic carbocycles. The molecule has 0 fully saturated rings. The Morgan fingerprint density at radius 3 is 2.80 bits per heavy atom. The van der Waals surface area contributed by atoms with E-state index in [4.69, 9.17) is 16.3 Å². The molecule has 3 aromatic rings. The van der Waals surface area contributed by atoms with Crippen LogP contribution < -0.4 is 10.6 Å². The summed E-state index contributed by atoms with van der Waals surface area (Å²) < 4.78 is 20.2. The van der Waals surface area contributed by atoms with Crippen molar-refractivity contribution in [1.82, 2.24) is 9.78 Å². The first-order valence-electron chi connectivity index (χ1n) is 9.19. The second-order valence-corrected chi connectivity index (χ2v) is 7.21. The molecule has 0 saturated heterocycles. The molecule has 30 heavy (non-hydrogen) atoms. The first-order chi connectivity index (χ1) is 14.5. The minimum atomic E-state index is -0.884. The van der Waals surface area contributed by atoms with Gasteiger partial charge >= 0.3 is 0 Å². The number of fused-ring (bicyclic) bond motifs is 1. The summed E-state index contributed by atoms with van der Waals surface area (Å²) in [6.45, 7) is 0.210. The zero-order valence-corrected chi connectivity index (χ0v) is 16.7. The quantitative estimate of drug-likeness (QED) is 0.643. The maximum atomic E-state index is 13.4. The first kappa shape index (κ1) is 20.1. The molecule has 0 bridgehead atoms. The molecule has 1 aliphatic rings. The van der Waals surface area contributed by atoms with Crippen LogP contribution in [-0.2, 0) is 20.9 Å². The number of nitrogens with one attached hydrogen (secondary N) is 2. The molecule has 1 atom stereocenters. The van der Waals surface area contributed by atoms with Crippen molar-refractivity contribution in [2.45, 2.75) is 19.1 Å². The van der Waals surface area contributed by atoms with Crippen LogP contribution in [-0.4, -0.2) is 28.7 Å². The summed E-state index contributed by atoms with van der Waals surface area (Å²) in [4.78, 5) is 25.4. The van der Waals surface area contributed by atoms with Gasteiger partial charge in [-0.2, -0.15) is 5.10 Å². The van der Waals surface area contributed by atoms with Gasteiger partial charge in [0, 0.05) is 18.4 Å². The Morgan fingerprint density at radius 2 is 2.10 bits per heavy atom. The molecular weight excluding hydrogens is 411 g/mol. The van der Waals surface area contributed by atoms with Crippen molar-refractivity contribution in [2.75, 3.05) is 17.7 Å². The van der Waals surface area contributed by atoms with Crippen molar-refractivity contribution in [3.63, 3.8) is 0 Å². The van der Waals surface area contributed by atoms with Crippen molar-refractivity contribution in [1.29, 1.82) is 0 Å². The number of ether oxygens (including phenoxy) is 1. The van der Waals surface area contributed by atoms with Crippen LogP contribution in [0, 0.1) is 5.82 Å². The third kappa shape index (κ3) is 3.79. The highest BCUT2D eigenvalue weighted by molar-refractivity contribution is 6.31. The van der Waals surface area contributed by atoms with Gasteiger partial charge in [-0.15, -0.1) is 0 Å². The van der Waals surface area contributed by atoms with Gasteiger partial charge < -0.3 is 15.4 Å². The molecule has 4 rings (SSSR count). The second kappa shape index (κ2) is 8.25. The molecule has 7 nitrogen and oxygen atoms in total. The number of nitrogens with zero attached hydrogens (tertiary/aromatic N) is 2. The SMILES string of the molecule is COCc1nn2c(c1-c1ccccc1)NC(=O)CC2C(=O)Nc1ccc(F)c(Cl)c1. The summed E-state index contributed by atoms with van der Waals surface area (Å²) >= 11 is 5.79. The van der Waals surface area contributed by atoms with Gasteiger partial charge in [-0.1, -0.05) is 41.9 Å². The maximum absolute atomic E-state index is 13.4. The van der Waals surface area contributed by atoms with Gasteiger partial charge in [-0.25, -0.2) is 9.07 Å². The minimum Gasteiger partial charge on any atom is -0.378 e. The molecule has 1 aromatic heterocycles.